The first-order chi connectivity index (χ1) is 7.84. The van der Waals surface area contributed by atoms with Gasteiger partial charge in [-0.15, -0.1) is 10.2 Å². The molecule has 0 radical (unpaired) electrons. The summed E-state index contributed by atoms with van der Waals surface area (Å²) in [7, 11) is 0. The molecule has 2 aromatic heterocycles. The Bertz CT molecular complexity index is 647. The molecule has 0 bridgehead atoms. The summed E-state index contributed by atoms with van der Waals surface area (Å²) in [6.45, 7) is 0. The maximum absolute atomic E-state index is 5.95. The van der Waals surface area contributed by atoms with Crippen molar-refractivity contribution in [2.24, 2.45) is 0 Å². The molecule has 0 saturated carbocycles. The fraction of sp³-hybridized carbons (Fsp3) is 0. The van der Waals surface area contributed by atoms with Crippen molar-refractivity contribution >= 4 is 17.2 Å². The zero-order valence-electron chi connectivity index (χ0n) is 8.21. The summed E-state index contributed by atoms with van der Waals surface area (Å²) in [5, 5.41) is 8.50. The Kier molecular flexibility index (Phi) is 2.08. The van der Waals surface area contributed by atoms with Crippen LogP contribution in [-0.4, -0.2) is 19.6 Å². The molecule has 0 atom stereocenters. The lowest BCUT2D eigenvalue weighted by Gasteiger charge is -2.03. The molecule has 0 aliphatic heterocycles. The van der Waals surface area contributed by atoms with Crippen LogP contribution in [0.25, 0.3) is 17.0 Å². The van der Waals surface area contributed by atoms with Gasteiger partial charge in [0.15, 0.2) is 5.65 Å². The van der Waals surface area contributed by atoms with E-state index in [-0.39, 0.29) is 0 Å². The fourth-order valence-electron chi connectivity index (χ4n) is 1.60. The summed E-state index contributed by atoms with van der Waals surface area (Å²) in [6, 6.07) is 9.35. The van der Waals surface area contributed by atoms with Crippen molar-refractivity contribution in [3.8, 4) is 11.4 Å². The van der Waals surface area contributed by atoms with Gasteiger partial charge in [0, 0.05) is 22.8 Å². The average Bonchev–Trinajstić information content (AvgIpc) is 2.76. The number of hydrogen-bond donors (Lipinski definition) is 0. The first kappa shape index (κ1) is 9.30. The van der Waals surface area contributed by atoms with Gasteiger partial charge < -0.3 is 0 Å². The number of nitrogens with zero attached hydrogens (tertiary/aromatic N) is 4. The molecule has 1 aromatic carbocycles. The topological polar surface area (TPSA) is 43.1 Å². The number of hydrogen-bond acceptors (Lipinski definition) is 3. The zero-order chi connectivity index (χ0) is 11.0. The molecule has 0 N–H and O–H groups in total. The van der Waals surface area contributed by atoms with E-state index in [1.54, 1.807) is 18.6 Å². The summed E-state index contributed by atoms with van der Waals surface area (Å²) >= 11 is 5.95. The van der Waals surface area contributed by atoms with E-state index in [9.17, 15) is 0 Å². The molecule has 16 heavy (non-hydrogen) atoms. The number of rotatable bonds is 1. The SMILES string of the molecule is Clc1cccc(-c2nccc3nncn23)c1. The lowest BCUT2D eigenvalue weighted by Crippen LogP contribution is -1.93. The van der Waals surface area contributed by atoms with Crippen LogP contribution in [0.4, 0.5) is 0 Å². The summed E-state index contributed by atoms with van der Waals surface area (Å²) in [6.07, 6.45) is 3.35. The predicted molar refractivity (Wildman–Crippen MR) is 61.2 cm³/mol. The summed E-state index contributed by atoms with van der Waals surface area (Å²) < 4.78 is 1.83. The van der Waals surface area contributed by atoms with Gasteiger partial charge in [-0.05, 0) is 12.1 Å². The van der Waals surface area contributed by atoms with Crippen LogP contribution in [-0.2, 0) is 0 Å². The second-order valence-corrected chi connectivity index (χ2v) is 3.77. The number of halogens is 1. The standard InChI is InChI=1S/C11H7ClN4/c12-9-3-1-2-8(6-9)11-13-5-4-10-15-14-7-16(10)11/h1-7H. The van der Waals surface area contributed by atoms with Gasteiger partial charge in [0.05, 0.1) is 0 Å². The Morgan fingerprint density at radius 1 is 1.19 bits per heavy atom. The number of fused-ring (bicyclic) bond motifs is 1. The lowest BCUT2D eigenvalue weighted by atomic mass is 10.2. The average molecular weight is 231 g/mol. The molecule has 0 amide bonds. The van der Waals surface area contributed by atoms with Crippen molar-refractivity contribution in [1.29, 1.82) is 0 Å². The van der Waals surface area contributed by atoms with Crippen LogP contribution < -0.4 is 0 Å². The van der Waals surface area contributed by atoms with Crippen molar-refractivity contribution < 1.29 is 0 Å². The highest BCUT2D eigenvalue weighted by molar-refractivity contribution is 6.30. The smallest absolute Gasteiger partial charge is 0.163 e. The molecule has 0 saturated heterocycles. The highest BCUT2D eigenvalue weighted by Crippen LogP contribution is 2.20. The van der Waals surface area contributed by atoms with Gasteiger partial charge in [-0.25, -0.2) is 4.98 Å². The number of benzene rings is 1. The quantitative estimate of drug-likeness (QED) is 0.645. The first-order valence-corrected chi connectivity index (χ1v) is 5.13. The van der Waals surface area contributed by atoms with Crippen molar-refractivity contribution in [3.63, 3.8) is 0 Å². The van der Waals surface area contributed by atoms with Crippen LogP contribution in [0.5, 0.6) is 0 Å². The molecule has 3 rings (SSSR count). The van der Waals surface area contributed by atoms with Gasteiger partial charge >= 0.3 is 0 Å². The third-order valence-electron chi connectivity index (χ3n) is 2.31. The normalized spacial score (nSPS) is 10.8. The minimum atomic E-state index is 0.685. The Balaban J connectivity index is 2.29. The molecule has 0 unspecified atom stereocenters. The number of aromatic nitrogens is 4. The van der Waals surface area contributed by atoms with Crippen molar-refractivity contribution in [2.45, 2.75) is 0 Å². The van der Waals surface area contributed by atoms with E-state index >= 15 is 0 Å². The van der Waals surface area contributed by atoms with Crippen LogP contribution in [0.3, 0.4) is 0 Å². The Labute approximate surface area is 96.5 Å². The van der Waals surface area contributed by atoms with Crippen molar-refractivity contribution in [3.05, 3.63) is 47.9 Å². The van der Waals surface area contributed by atoms with E-state index in [1.165, 1.54) is 0 Å². The zero-order valence-corrected chi connectivity index (χ0v) is 8.96. The van der Waals surface area contributed by atoms with Gasteiger partial charge in [-0.2, -0.15) is 0 Å². The molecule has 3 aromatic rings. The molecule has 2 heterocycles. The van der Waals surface area contributed by atoms with E-state index in [0.29, 0.717) is 5.02 Å². The van der Waals surface area contributed by atoms with E-state index < -0.39 is 0 Å². The lowest BCUT2D eigenvalue weighted by molar-refractivity contribution is 1.08. The maximum atomic E-state index is 5.95. The largest absolute Gasteiger partial charge is 0.265 e. The molecule has 5 heteroatoms. The third kappa shape index (κ3) is 1.44. The van der Waals surface area contributed by atoms with Crippen LogP contribution in [0.15, 0.2) is 42.9 Å². The highest BCUT2D eigenvalue weighted by atomic mass is 35.5. The van der Waals surface area contributed by atoms with Crippen molar-refractivity contribution in [2.75, 3.05) is 0 Å². The maximum Gasteiger partial charge on any atom is 0.163 e. The minimum Gasteiger partial charge on any atom is -0.265 e. The second-order valence-electron chi connectivity index (χ2n) is 3.34. The van der Waals surface area contributed by atoms with Crippen LogP contribution >= 0.6 is 11.6 Å². The van der Waals surface area contributed by atoms with E-state index in [1.807, 2.05) is 28.7 Å². The molecular weight excluding hydrogens is 224 g/mol. The molecule has 0 aliphatic carbocycles. The van der Waals surface area contributed by atoms with Gasteiger partial charge in [-0.3, -0.25) is 4.40 Å². The van der Waals surface area contributed by atoms with E-state index in [0.717, 1.165) is 17.0 Å². The molecule has 0 spiro atoms. The summed E-state index contributed by atoms with van der Waals surface area (Å²) in [4.78, 5) is 4.31. The third-order valence-corrected chi connectivity index (χ3v) is 2.54. The first-order valence-electron chi connectivity index (χ1n) is 4.75. The monoisotopic (exact) mass is 230 g/mol. The van der Waals surface area contributed by atoms with Gasteiger partial charge in [0.1, 0.15) is 12.2 Å². The van der Waals surface area contributed by atoms with Gasteiger partial charge in [0.2, 0.25) is 0 Å². The predicted octanol–water partition coefficient (Wildman–Crippen LogP) is 2.44. The Morgan fingerprint density at radius 3 is 3.00 bits per heavy atom. The van der Waals surface area contributed by atoms with E-state index in [4.69, 9.17) is 11.6 Å². The molecule has 0 fully saturated rings. The van der Waals surface area contributed by atoms with Crippen LogP contribution in [0.2, 0.25) is 5.02 Å². The van der Waals surface area contributed by atoms with Crippen LogP contribution in [0, 0.1) is 0 Å². The van der Waals surface area contributed by atoms with Crippen molar-refractivity contribution in [1.82, 2.24) is 19.6 Å². The van der Waals surface area contributed by atoms with Crippen LogP contribution in [0.1, 0.15) is 0 Å². The summed E-state index contributed by atoms with van der Waals surface area (Å²) in [5.41, 5.74) is 1.71. The second kappa shape index (κ2) is 3.57. The Hall–Kier alpha value is -1.94. The molecule has 0 aliphatic rings. The van der Waals surface area contributed by atoms with E-state index in [2.05, 4.69) is 15.2 Å². The Morgan fingerprint density at radius 2 is 2.12 bits per heavy atom. The van der Waals surface area contributed by atoms with Gasteiger partial charge in [0.25, 0.3) is 0 Å². The molecule has 4 nitrogen and oxygen atoms in total. The highest BCUT2D eigenvalue weighted by Gasteiger charge is 2.05. The molecule has 78 valence electrons. The summed E-state index contributed by atoms with van der Waals surface area (Å²) in [5.74, 6) is 0.782. The fourth-order valence-corrected chi connectivity index (χ4v) is 1.79. The minimum absolute atomic E-state index is 0.685. The molecular formula is C11H7ClN4. The van der Waals surface area contributed by atoms with Gasteiger partial charge in [-0.1, -0.05) is 23.7 Å².